The molecule has 1 aliphatic rings. The van der Waals surface area contributed by atoms with Crippen LogP contribution in [-0.4, -0.2) is 41.8 Å². The van der Waals surface area contributed by atoms with Crippen LogP contribution in [0.5, 0.6) is 0 Å². The van der Waals surface area contributed by atoms with Crippen molar-refractivity contribution in [1.82, 2.24) is 4.90 Å². The van der Waals surface area contributed by atoms with Crippen molar-refractivity contribution in [2.75, 3.05) is 6.61 Å². The number of halogens is 1. The molecule has 1 saturated heterocycles. The van der Waals surface area contributed by atoms with Crippen molar-refractivity contribution in [2.24, 2.45) is 0 Å². The topological polar surface area (TPSA) is 63.7 Å². The summed E-state index contributed by atoms with van der Waals surface area (Å²) in [5.41, 5.74) is 1.48. The minimum atomic E-state index is -0.881. The molecule has 0 spiro atoms. The summed E-state index contributed by atoms with van der Waals surface area (Å²) in [6.45, 7) is 0.304. The normalized spacial score (nSPS) is 18.8. The SMILES string of the molecule is O=CC1OC[C@H](Cc2ccccc2)N1C(=O)CCCC(=O)c1ccc(F)cc1. The van der Waals surface area contributed by atoms with Gasteiger partial charge in [0.2, 0.25) is 5.91 Å². The molecule has 0 aromatic heterocycles. The van der Waals surface area contributed by atoms with Crippen LogP contribution in [0.2, 0.25) is 0 Å². The van der Waals surface area contributed by atoms with Crippen molar-refractivity contribution >= 4 is 18.0 Å². The molecule has 1 heterocycles. The van der Waals surface area contributed by atoms with E-state index in [1.54, 1.807) is 0 Å². The van der Waals surface area contributed by atoms with Gasteiger partial charge in [-0.2, -0.15) is 0 Å². The van der Waals surface area contributed by atoms with Gasteiger partial charge in [-0.05, 0) is 42.7 Å². The predicted molar refractivity (Wildman–Crippen MR) is 101 cm³/mol. The highest BCUT2D eigenvalue weighted by Gasteiger charge is 2.37. The molecule has 146 valence electrons. The second kappa shape index (κ2) is 9.37. The summed E-state index contributed by atoms with van der Waals surface area (Å²) in [6, 6.07) is 14.9. The predicted octanol–water partition coefficient (Wildman–Crippen LogP) is 3.17. The monoisotopic (exact) mass is 383 g/mol. The minimum absolute atomic E-state index is 0.141. The highest BCUT2D eigenvalue weighted by molar-refractivity contribution is 5.96. The van der Waals surface area contributed by atoms with Crippen molar-refractivity contribution in [1.29, 1.82) is 0 Å². The third kappa shape index (κ3) is 4.89. The second-order valence-corrected chi connectivity index (χ2v) is 6.79. The maximum Gasteiger partial charge on any atom is 0.225 e. The molecule has 1 fully saturated rings. The molecule has 1 aliphatic heterocycles. The van der Waals surface area contributed by atoms with E-state index in [1.165, 1.54) is 29.2 Å². The molecular weight excluding hydrogens is 361 g/mol. The Morgan fingerprint density at radius 1 is 1.07 bits per heavy atom. The molecule has 2 atom stereocenters. The molecule has 0 N–H and O–H groups in total. The first kappa shape index (κ1) is 19.9. The number of benzene rings is 2. The van der Waals surface area contributed by atoms with Crippen LogP contribution in [0.25, 0.3) is 0 Å². The number of hydrogen-bond donors (Lipinski definition) is 0. The lowest BCUT2D eigenvalue weighted by Gasteiger charge is -2.25. The average Bonchev–Trinajstić information content (AvgIpc) is 3.11. The number of hydrogen-bond acceptors (Lipinski definition) is 4. The maximum atomic E-state index is 12.9. The fourth-order valence-electron chi connectivity index (χ4n) is 3.38. The highest BCUT2D eigenvalue weighted by atomic mass is 19.1. The molecule has 28 heavy (non-hydrogen) atoms. The molecule has 0 aliphatic carbocycles. The lowest BCUT2D eigenvalue weighted by molar-refractivity contribution is -0.142. The number of ether oxygens (including phenoxy) is 1. The van der Waals surface area contributed by atoms with E-state index in [9.17, 15) is 18.8 Å². The van der Waals surface area contributed by atoms with E-state index in [4.69, 9.17) is 4.74 Å². The molecule has 0 radical (unpaired) electrons. The van der Waals surface area contributed by atoms with Gasteiger partial charge in [0, 0.05) is 18.4 Å². The zero-order valence-electron chi connectivity index (χ0n) is 15.4. The number of carbonyl (C=O) groups excluding carboxylic acids is 3. The maximum absolute atomic E-state index is 12.9. The molecular formula is C22H22FNO4. The van der Waals surface area contributed by atoms with Gasteiger partial charge >= 0.3 is 0 Å². The van der Waals surface area contributed by atoms with Crippen molar-refractivity contribution in [2.45, 2.75) is 38.0 Å². The first-order valence-corrected chi connectivity index (χ1v) is 9.29. The third-order valence-electron chi connectivity index (χ3n) is 4.81. The van der Waals surface area contributed by atoms with Crippen molar-refractivity contribution in [3.05, 3.63) is 71.5 Å². The van der Waals surface area contributed by atoms with Crippen molar-refractivity contribution in [3.8, 4) is 0 Å². The largest absolute Gasteiger partial charge is 0.349 e. The van der Waals surface area contributed by atoms with Gasteiger partial charge in [-0.3, -0.25) is 14.4 Å². The smallest absolute Gasteiger partial charge is 0.225 e. The number of amides is 1. The van der Waals surface area contributed by atoms with E-state index < -0.39 is 12.0 Å². The minimum Gasteiger partial charge on any atom is -0.349 e. The molecule has 2 aromatic rings. The standard InChI is InChI=1S/C22H22FNO4/c23-18-11-9-17(10-12-18)20(26)7-4-8-21(27)24-19(15-28-22(24)14-25)13-16-5-2-1-3-6-16/h1-3,5-6,9-12,14,19,22H,4,7-8,13,15H2/t19-,22?/m0/s1. The third-order valence-corrected chi connectivity index (χ3v) is 4.81. The fraction of sp³-hybridized carbons (Fsp3) is 0.318. The number of ketones is 1. The number of carbonyl (C=O) groups is 3. The van der Waals surface area contributed by atoms with Crippen LogP contribution < -0.4 is 0 Å². The van der Waals surface area contributed by atoms with Gasteiger partial charge in [0.1, 0.15) is 5.82 Å². The van der Waals surface area contributed by atoms with Crippen LogP contribution in [0.15, 0.2) is 54.6 Å². The summed E-state index contributed by atoms with van der Waals surface area (Å²) in [6.07, 6.45) is 1.04. The molecule has 1 unspecified atom stereocenters. The summed E-state index contributed by atoms with van der Waals surface area (Å²) in [4.78, 5) is 37.7. The van der Waals surface area contributed by atoms with Gasteiger partial charge in [0.05, 0.1) is 12.6 Å². The molecule has 2 aromatic carbocycles. The van der Waals surface area contributed by atoms with E-state index in [0.29, 0.717) is 31.3 Å². The first-order chi connectivity index (χ1) is 13.6. The Balaban J connectivity index is 1.56. The van der Waals surface area contributed by atoms with Gasteiger partial charge in [-0.25, -0.2) is 4.39 Å². The Kier molecular flexibility index (Phi) is 6.66. The van der Waals surface area contributed by atoms with Crippen LogP contribution in [0.3, 0.4) is 0 Å². The van der Waals surface area contributed by atoms with Crippen molar-refractivity contribution < 1.29 is 23.5 Å². The molecule has 6 heteroatoms. The average molecular weight is 383 g/mol. The van der Waals surface area contributed by atoms with Crippen LogP contribution in [0.4, 0.5) is 4.39 Å². The lowest BCUT2D eigenvalue weighted by atomic mass is 10.0. The second-order valence-electron chi connectivity index (χ2n) is 6.79. The summed E-state index contributed by atoms with van der Waals surface area (Å²) in [5, 5.41) is 0. The Bertz CT molecular complexity index is 822. The van der Waals surface area contributed by atoms with Crippen LogP contribution >= 0.6 is 0 Å². The highest BCUT2D eigenvalue weighted by Crippen LogP contribution is 2.22. The van der Waals surface area contributed by atoms with Gasteiger partial charge < -0.3 is 9.64 Å². The van der Waals surface area contributed by atoms with E-state index in [0.717, 1.165) is 5.56 Å². The fourth-order valence-corrected chi connectivity index (χ4v) is 3.38. The summed E-state index contributed by atoms with van der Waals surface area (Å²) < 4.78 is 18.4. The molecule has 3 rings (SSSR count). The summed E-state index contributed by atoms with van der Waals surface area (Å²) in [7, 11) is 0. The van der Waals surface area contributed by atoms with Crippen LogP contribution in [0.1, 0.15) is 35.2 Å². The summed E-state index contributed by atoms with van der Waals surface area (Å²) >= 11 is 0. The van der Waals surface area contributed by atoms with Crippen LogP contribution in [0, 0.1) is 5.82 Å². The number of nitrogens with zero attached hydrogens (tertiary/aromatic N) is 1. The quantitative estimate of drug-likeness (QED) is 0.519. The van der Waals surface area contributed by atoms with Gasteiger partial charge in [-0.1, -0.05) is 30.3 Å². The summed E-state index contributed by atoms with van der Waals surface area (Å²) in [5.74, 6) is -0.745. The first-order valence-electron chi connectivity index (χ1n) is 9.29. The number of Topliss-reactive ketones (excluding diaryl/α,β-unsaturated/α-hetero) is 1. The van der Waals surface area contributed by atoms with E-state index in [1.807, 2.05) is 30.3 Å². The Hall–Kier alpha value is -2.86. The van der Waals surface area contributed by atoms with Gasteiger partial charge in [-0.15, -0.1) is 0 Å². The Morgan fingerprint density at radius 3 is 2.46 bits per heavy atom. The van der Waals surface area contributed by atoms with Crippen LogP contribution in [-0.2, 0) is 20.7 Å². The molecule has 0 bridgehead atoms. The molecule has 1 amide bonds. The Morgan fingerprint density at radius 2 is 1.79 bits per heavy atom. The Labute approximate surface area is 163 Å². The number of aldehydes is 1. The van der Waals surface area contributed by atoms with Crippen molar-refractivity contribution in [3.63, 3.8) is 0 Å². The lowest BCUT2D eigenvalue weighted by Crippen LogP contribution is -2.43. The zero-order chi connectivity index (χ0) is 19.9. The zero-order valence-corrected chi connectivity index (χ0v) is 15.4. The molecule has 0 saturated carbocycles. The number of rotatable bonds is 8. The molecule has 5 nitrogen and oxygen atoms in total. The van der Waals surface area contributed by atoms with E-state index >= 15 is 0 Å². The van der Waals surface area contributed by atoms with E-state index in [-0.39, 0.29) is 30.6 Å². The van der Waals surface area contributed by atoms with Gasteiger partial charge in [0.25, 0.3) is 0 Å². The van der Waals surface area contributed by atoms with Gasteiger partial charge in [0.15, 0.2) is 18.3 Å². The van der Waals surface area contributed by atoms with E-state index in [2.05, 4.69) is 0 Å².